The van der Waals surface area contributed by atoms with Crippen molar-refractivity contribution >= 4 is 52.9 Å². The van der Waals surface area contributed by atoms with E-state index in [-0.39, 0.29) is 24.0 Å². The maximum absolute atomic E-state index is 12.7. The summed E-state index contributed by atoms with van der Waals surface area (Å²) in [6, 6.07) is 5.23. The van der Waals surface area contributed by atoms with Gasteiger partial charge in [0, 0.05) is 33.1 Å². The van der Waals surface area contributed by atoms with Crippen molar-refractivity contribution in [1.82, 2.24) is 9.97 Å². The maximum Gasteiger partial charge on any atom is 0.513 e. The number of rotatable bonds is 7. The van der Waals surface area contributed by atoms with Gasteiger partial charge in [-0.2, -0.15) is 9.97 Å². The number of carbonyl (C=O) groups is 2. The Kier molecular flexibility index (Phi) is 9.33. The van der Waals surface area contributed by atoms with Crippen LogP contribution >= 0.6 is 23.2 Å². The predicted octanol–water partition coefficient (Wildman–Crippen LogP) is 3.96. The van der Waals surface area contributed by atoms with Crippen LogP contribution in [-0.2, 0) is 28.5 Å². The van der Waals surface area contributed by atoms with Crippen molar-refractivity contribution in [2.45, 2.75) is 19.8 Å². The van der Waals surface area contributed by atoms with Gasteiger partial charge in [-0.3, -0.25) is 4.79 Å². The molecule has 1 aromatic carbocycles. The molecule has 0 spiro atoms. The number of halogens is 2. The number of ether oxygens (including phenoxy) is 5. The molecule has 0 bridgehead atoms. The van der Waals surface area contributed by atoms with E-state index in [2.05, 4.69) is 15.1 Å². The van der Waals surface area contributed by atoms with Crippen LogP contribution in [0, 0.1) is 0 Å². The molecule has 2 aromatic rings. The van der Waals surface area contributed by atoms with E-state index in [0.29, 0.717) is 92.0 Å². The van der Waals surface area contributed by atoms with Gasteiger partial charge in [-0.05, 0) is 18.6 Å². The van der Waals surface area contributed by atoms with E-state index in [1.54, 1.807) is 25.1 Å². The van der Waals surface area contributed by atoms with E-state index in [0.717, 1.165) is 0 Å². The van der Waals surface area contributed by atoms with Crippen molar-refractivity contribution in [1.29, 1.82) is 0 Å². The number of nitrogens with zero attached hydrogens (tertiary/aromatic N) is 4. The first-order valence-electron chi connectivity index (χ1n) is 13.4. The molecule has 0 saturated carbocycles. The molecule has 1 N–H and O–H groups in total. The van der Waals surface area contributed by atoms with E-state index < -0.39 is 18.0 Å². The first-order valence-corrected chi connectivity index (χ1v) is 14.1. The van der Waals surface area contributed by atoms with Gasteiger partial charge in [0.2, 0.25) is 5.95 Å². The van der Waals surface area contributed by atoms with Gasteiger partial charge in [-0.1, -0.05) is 35.3 Å². The van der Waals surface area contributed by atoms with Crippen LogP contribution in [0.15, 0.2) is 29.7 Å². The van der Waals surface area contributed by atoms with Gasteiger partial charge in [0.25, 0.3) is 0 Å². The lowest BCUT2D eigenvalue weighted by Gasteiger charge is -2.37. The van der Waals surface area contributed by atoms with E-state index in [9.17, 15) is 9.59 Å². The number of nitrogens with one attached hydrogen (secondary N) is 1. The first kappa shape index (κ1) is 29.2. The summed E-state index contributed by atoms with van der Waals surface area (Å²) in [7, 11) is 0. The van der Waals surface area contributed by atoms with Crippen molar-refractivity contribution in [3.63, 3.8) is 0 Å². The molecule has 5 rings (SSSR count). The largest absolute Gasteiger partial charge is 0.513 e. The molecule has 0 aliphatic carbocycles. The van der Waals surface area contributed by atoms with Crippen molar-refractivity contribution in [3.8, 4) is 0 Å². The lowest BCUT2D eigenvalue weighted by atomic mass is 9.86. The van der Waals surface area contributed by atoms with E-state index in [1.165, 1.54) is 6.92 Å². The van der Waals surface area contributed by atoms with Crippen molar-refractivity contribution in [3.05, 3.63) is 50.8 Å². The number of anilines is 3. The second-order valence-electron chi connectivity index (χ2n) is 9.42. The summed E-state index contributed by atoms with van der Waals surface area (Å²) in [5, 5.41) is 3.86. The number of morpholine rings is 2. The molecule has 1 aromatic heterocycles. The Balaban J connectivity index is 1.74. The van der Waals surface area contributed by atoms with Gasteiger partial charge >= 0.3 is 12.1 Å². The molecular weight excluding hydrogens is 577 g/mol. The molecule has 12 nitrogen and oxygen atoms in total. The second kappa shape index (κ2) is 13.1. The number of esters is 1. The average Bonchev–Trinajstić information content (AvgIpc) is 2.98. The highest BCUT2D eigenvalue weighted by Gasteiger charge is 2.40. The minimum Gasteiger partial charge on any atom is -0.459 e. The normalized spacial score (nSPS) is 18.9. The highest BCUT2D eigenvalue weighted by Crippen LogP contribution is 2.49. The molecule has 3 aliphatic heterocycles. The molecule has 1 atom stereocenters. The van der Waals surface area contributed by atoms with Crippen LogP contribution in [0.2, 0.25) is 10.0 Å². The zero-order chi connectivity index (χ0) is 28.9. The summed E-state index contributed by atoms with van der Waals surface area (Å²) in [5.74, 6) is 0.428. The topological polar surface area (TPSA) is 125 Å². The smallest absolute Gasteiger partial charge is 0.459 e. The number of hydrogen-bond donors (Lipinski definition) is 1. The van der Waals surface area contributed by atoms with Crippen LogP contribution in [0.25, 0.3) is 0 Å². The summed E-state index contributed by atoms with van der Waals surface area (Å²) in [4.78, 5) is 38.7. The monoisotopic (exact) mass is 607 g/mol. The predicted molar refractivity (Wildman–Crippen MR) is 152 cm³/mol. The first-order chi connectivity index (χ1) is 19.9. The third-order valence-corrected chi connectivity index (χ3v) is 7.64. The van der Waals surface area contributed by atoms with Crippen LogP contribution < -0.4 is 15.1 Å². The fraction of sp³-hybridized carbons (Fsp3) is 0.481. The number of hydrogen-bond acceptors (Lipinski definition) is 12. The molecule has 0 amide bonds. The van der Waals surface area contributed by atoms with Gasteiger partial charge in [0.15, 0.2) is 0 Å². The summed E-state index contributed by atoms with van der Waals surface area (Å²) in [6.07, 6.45) is -0.921. The molecule has 4 heterocycles. The van der Waals surface area contributed by atoms with Crippen molar-refractivity contribution in [2.75, 3.05) is 80.9 Å². The van der Waals surface area contributed by atoms with Crippen molar-refractivity contribution < 1.29 is 33.3 Å². The Labute approximate surface area is 247 Å². The zero-order valence-corrected chi connectivity index (χ0v) is 24.3. The van der Waals surface area contributed by atoms with Crippen LogP contribution in [0.3, 0.4) is 0 Å². The summed E-state index contributed by atoms with van der Waals surface area (Å²) < 4.78 is 27.5. The SMILES string of the molecule is CCOC(=O)OC1=C(COC(C)=O)Nc2nc(N3CCOCC3)nc(N3CCOCC3)c2C1c1cccc(Cl)c1Cl. The summed E-state index contributed by atoms with van der Waals surface area (Å²) in [5.41, 5.74) is 1.49. The van der Waals surface area contributed by atoms with Crippen molar-refractivity contribution in [2.24, 2.45) is 0 Å². The Morgan fingerprint density at radius 2 is 1.71 bits per heavy atom. The standard InChI is InChI=1S/C27H31Cl2N5O7/c1-3-39-27(36)41-23-19(15-40-16(2)35)30-24-21(20(23)17-5-4-6-18(28)22(17)29)25(33-7-11-37-12-8-33)32-26(31-24)34-9-13-38-14-10-34/h4-6,20H,3,7-15H2,1-2H3,(H,30,31,32). The van der Waals surface area contributed by atoms with Crippen LogP contribution in [-0.4, -0.2) is 87.9 Å². The zero-order valence-electron chi connectivity index (χ0n) is 22.8. The fourth-order valence-corrected chi connectivity index (χ4v) is 5.33. The Bertz CT molecular complexity index is 1330. The Morgan fingerprint density at radius 1 is 1.02 bits per heavy atom. The molecule has 220 valence electrons. The number of carbonyl (C=O) groups excluding carboxylic acids is 2. The number of fused-ring (bicyclic) bond motifs is 1. The Hall–Kier alpha value is -3.32. The molecule has 1 unspecified atom stereocenters. The molecule has 41 heavy (non-hydrogen) atoms. The van der Waals surface area contributed by atoms with E-state index >= 15 is 0 Å². The minimum absolute atomic E-state index is 0.100. The summed E-state index contributed by atoms with van der Waals surface area (Å²) in [6.45, 7) is 7.40. The van der Waals surface area contributed by atoms with Gasteiger partial charge in [0.05, 0.1) is 60.3 Å². The molecule has 2 saturated heterocycles. The molecule has 3 aliphatic rings. The van der Waals surface area contributed by atoms with Gasteiger partial charge < -0.3 is 38.8 Å². The Morgan fingerprint density at radius 3 is 2.37 bits per heavy atom. The van der Waals surface area contributed by atoms with Gasteiger partial charge in [0.1, 0.15) is 24.0 Å². The minimum atomic E-state index is -0.921. The van der Waals surface area contributed by atoms with Crippen LogP contribution in [0.4, 0.5) is 22.4 Å². The third-order valence-electron chi connectivity index (χ3n) is 6.80. The lowest BCUT2D eigenvalue weighted by Crippen LogP contribution is -2.41. The number of benzene rings is 1. The maximum atomic E-state index is 12.7. The molecule has 14 heteroatoms. The van der Waals surface area contributed by atoms with Gasteiger partial charge in [-0.15, -0.1) is 0 Å². The quantitative estimate of drug-likeness (QED) is 0.458. The van der Waals surface area contributed by atoms with Crippen LogP contribution in [0.5, 0.6) is 0 Å². The molecular formula is C27H31Cl2N5O7. The number of allylic oxidation sites excluding steroid dienone is 1. The highest BCUT2D eigenvalue weighted by molar-refractivity contribution is 6.42. The van der Waals surface area contributed by atoms with Crippen LogP contribution in [0.1, 0.15) is 30.9 Å². The van der Waals surface area contributed by atoms with Gasteiger partial charge in [-0.25, -0.2) is 4.79 Å². The lowest BCUT2D eigenvalue weighted by molar-refractivity contribution is -0.140. The fourth-order valence-electron chi connectivity index (χ4n) is 4.92. The molecule has 2 fully saturated rings. The van der Waals surface area contributed by atoms with E-state index in [1.807, 2.05) is 0 Å². The second-order valence-corrected chi connectivity index (χ2v) is 10.2. The molecule has 0 radical (unpaired) electrons. The summed E-state index contributed by atoms with van der Waals surface area (Å²) >= 11 is 13.3. The third kappa shape index (κ3) is 6.45. The number of aromatic nitrogens is 2. The highest BCUT2D eigenvalue weighted by atomic mass is 35.5. The average molecular weight is 608 g/mol. The van der Waals surface area contributed by atoms with E-state index in [4.69, 9.17) is 56.9 Å².